The maximum atomic E-state index is 12.0. The lowest BCUT2D eigenvalue weighted by atomic mass is 9.72. The topological polar surface area (TPSA) is 76.7 Å². The summed E-state index contributed by atoms with van der Waals surface area (Å²) in [6.07, 6.45) is 0. The van der Waals surface area contributed by atoms with Gasteiger partial charge in [0.15, 0.2) is 3.42 Å². The maximum Gasteiger partial charge on any atom is 0.256 e. The van der Waals surface area contributed by atoms with Crippen molar-refractivity contribution in [3.63, 3.8) is 0 Å². The summed E-state index contributed by atoms with van der Waals surface area (Å²) in [6, 6.07) is 4.15. The minimum Gasteiger partial charge on any atom is -0.318 e. The Morgan fingerprint density at radius 2 is 2.06 bits per heavy atom. The van der Waals surface area contributed by atoms with Crippen LogP contribution in [0.25, 0.3) is 0 Å². The van der Waals surface area contributed by atoms with Crippen LogP contribution >= 0.6 is 34.4 Å². The SMILES string of the molecule is CCSC1=C(C#N)C(C)(C)C(I)(C#N)C(=O)N1. The summed E-state index contributed by atoms with van der Waals surface area (Å²) in [6.45, 7) is 5.47. The highest BCUT2D eigenvalue weighted by Crippen LogP contribution is 2.49. The molecular weight excluding hydrogens is 349 g/mol. The van der Waals surface area contributed by atoms with Gasteiger partial charge in [-0.1, -0.05) is 43.4 Å². The van der Waals surface area contributed by atoms with E-state index in [-0.39, 0.29) is 5.91 Å². The molecule has 0 fully saturated rings. The summed E-state index contributed by atoms with van der Waals surface area (Å²) in [5.74, 6) is 0.415. The third-order valence-electron chi connectivity index (χ3n) is 2.81. The van der Waals surface area contributed by atoms with E-state index in [9.17, 15) is 15.3 Å². The number of carbonyl (C=O) groups excluding carboxylic acids is 1. The number of rotatable bonds is 2. The third-order valence-corrected chi connectivity index (χ3v) is 5.77. The number of nitriles is 2. The first-order valence-electron chi connectivity index (χ1n) is 5.04. The van der Waals surface area contributed by atoms with Crippen molar-refractivity contribution in [1.29, 1.82) is 10.5 Å². The Kier molecular flexibility index (Phi) is 4.11. The summed E-state index contributed by atoms with van der Waals surface area (Å²) in [4.78, 5) is 12.0. The molecule has 0 aromatic carbocycles. The average molecular weight is 361 g/mol. The number of thioether (sulfide) groups is 1. The summed E-state index contributed by atoms with van der Waals surface area (Å²) in [5, 5.41) is 21.7. The molecule has 0 saturated heterocycles. The fourth-order valence-corrected chi connectivity index (χ4v) is 2.93. The number of hydrogen-bond donors (Lipinski definition) is 1. The molecule has 1 rings (SSSR count). The Morgan fingerprint density at radius 3 is 2.47 bits per heavy atom. The predicted molar refractivity (Wildman–Crippen MR) is 75.1 cm³/mol. The molecule has 17 heavy (non-hydrogen) atoms. The lowest BCUT2D eigenvalue weighted by molar-refractivity contribution is -0.123. The number of carbonyl (C=O) groups is 1. The predicted octanol–water partition coefficient (Wildman–Crippen LogP) is 2.33. The zero-order chi connectivity index (χ0) is 13.3. The van der Waals surface area contributed by atoms with Gasteiger partial charge in [0.05, 0.1) is 22.7 Å². The Balaban J connectivity index is 3.45. The Morgan fingerprint density at radius 1 is 1.47 bits per heavy atom. The van der Waals surface area contributed by atoms with Gasteiger partial charge in [-0.2, -0.15) is 10.5 Å². The molecule has 1 aliphatic heterocycles. The number of halogens is 1. The van der Waals surface area contributed by atoms with Gasteiger partial charge >= 0.3 is 0 Å². The summed E-state index contributed by atoms with van der Waals surface area (Å²) in [5.41, 5.74) is -0.323. The summed E-state index contributed by atoms with van der Waals surface area (Å²) >= 11 is 3.25. The van der Waals surface area contributed by atoms with E-state index in [2.05, 4.69) is 11.4 Å². The molecule has 90 valence electrons. The van der Waals surface area contributed by atoms with Crippen molar-refractivity contribution in [3.8, 4) is 12.1 Å². The highest BCUT2D eigenvalue weighted by molar-refractivity contribution is 14.1. The van der Waals surface area contributed by atoms with Gasteiger partial charge in [-0.3, -0.25) is 4.79 Å². The van der Waals surface area contributed by atoms with Gasteiger partial charge in [-0.25, -0.2) is 0 Å². The molecule has 0 aliphatic carbocycles. The first-order valence-corrected chi connectivity index (χ1v) is 7.10. The lowest BCUT2D eigenvalue weighted by Gasteiger charge is -2.40. The Hall–Kier alpha value is -0.730. The molecule has 4 nitrogen and oxygen atoms in total. The Labute approximate surface area is 119 Å². The van der Waals surface area contributed by atoms with E-state index >= 15 is 0 Å². The second-order valence-electron chi connectivity index (χ2n) is 4.10. The molecule has 1 heterocycles. The molecule has 0 aromatic rings. The summed E-state index contributed by atoms with van der Waals surface area (Å²) in [7, 11) is 0. The van der Waals surface area contributed by atoms with E-state index in [1.165, 1.54) is 11.8 Å². The van der Waals surface area contributed by atoms with Crippen molar-refractivity contribution in [1.82, 2.24) is 5.32 Å². The first-order chi connectivity index (χ1) is 7.85. The highest BCUT2D eigenvalue weighted by atomic mass is 127. The largest absolute Gasteiger partial charge is 0.318 e. The number of hydrogen-bond acceptors (Lipinski definition) is 4. The second kappa shape index (κ2) is 4.87. The smallest absolute Gasteiger partial charge is 0.256 e. The van der Waals surface area contributed by atoms with Gasteiger partial charge in [0.25, 0.3) is 5.91 Å². The van der Waals surface area contributed by atoms with Gasteiger partial charge in [0, 0.05) is 5.41 Å². The molecule has 1 atom stereocenters. The van der Waals surface area contributed by atoms with Crippen LogP contribution in [0.4, 0.5) is 0 Å². The maximum absolute atomic E-state index is 12.0. The number of alkyl halides is 1. The van der Waals surface area contributed by atoms with Crippen LogP contribution in [0.1, 0.15) is 20.8 Å². The number of nitrogens with zero attached hydrogens (tertiary/aromatic N) is 2. The number of amides is 1. The normalized spacial score (nSPS) is 27.1. The van der Waals surface area contributed by atoms with Crippen LogP contribution in [0.15, 0.2) is 10.6 Å². The molecule has 1 aliphatic rings. The zero-order valence-electron chi connectivity index (χ0n) is 9.80. The van der Waals surface area contributed by atoms with E-state index in [1.807, 2.05) is 35.6 Å². The highest BCUT2D eigenvalue weighted by Gasteiger charge is 2.56. The van der Waals surface area contributed by atoms with E-state index < -0.39 is 8.84 Å². The molecule has 0 bridgehead atoms. The Bertz CT molecular complexity index is 472. The van der Waals surface area contributed by atoms with Crippen LogP contribution in [-0.4, -0.2) is 15.1 Å². The number of allylic oxidation sites excluding steroid dienone is 1. The molecule has 0 aromatic heterocycles. The first kappa shape index (κ1) is 14.3. The standard InChI is InChI=1S/C11H12IN3OS/c1-4-17-8-7(5-13)10(2,3)11(12,6-14)9(16)15-8/h4H2,1-3H3,(H,15,16). The van der Waals surface area contributed by atoms with Crippen LogP contribution in [-0.2, 0) is 4.79 Å². The minimum atomic E-state index is -1.24. The zero-order valence-corrected chi connectivity index (χ0v) is 12.8. The lowest BCUT2D eigenvalue weighted by Crippen LogP contribution is -2.55. The van der Waals surface area contributed by atoms with Gasteiger partial charge < -0.3 is 5.32 Å². The van der Waals surface area contributed by atoms with E-state index in [0.717, 1.165) is 5.75 Å². The average Bonchev–Trinajstić information content (AvgIpc) is 2.26. The van der Waals surface area contributed by atoms with Crippen molar-refractivity contribution in [2.24, 2.45) is 5.41 Å². The van der Waals surface area contributed by atoms with Crippen molar-refractivity contribution >= 4 is 40.3 Å². The molecule has 6 heteroatoms. The van der Waals surface area contributed by atoms with E-state index in [4.69, 9.17) is 0 Å². The number of nitrogens with one attached hydrogen (secondary N) is 1. The van der Waals surface area contributed by atoms with Crippen LogP contribution in [0, 0.1) is 28.1 Å². The van der Waals surface area contributed by atoms with Gasteiger partial charge in [-0.15, -0.1) is 11.8 Å². The molecule has 1 amide bonds. The van der Waals surface area contributed by atoms with Crippen molar-refractivity contribution in [2.45, 2.75) is 24.2 Å². The monoisotopic (exact) mass is 361 g/mol. The minimum absolute atomic E-state index is 0.347. The van der Waals surface area contributed by atoms with Crippen LogP contribution in [0.5, 0.6) is 0 Å². The second-order valence-corrected chi connectivity index (χ2v) is 6.99. The summed E-state index contributed by atoms with van der Waals surface area (Å²) < 4.78 is -1.24. The molecule has 0 radical (unpaired) electrons. The third kappa shape index (κ3) is 2.04. The van der Waals surface area contributed by atoms with E-state index in [0.29, 0.717) is 10.6 Å². The fourth-order valence-electron chi connectivity index (χ4n) is 1.63. The molecule has 0 spiro atoms. The fraction of sp³-hybridized carbons (Fsp3) is 0.545. The van der Waals surface area contributed by atoms with Crippen LogP contribution in [0.3, 0.4) is 0 Å². The van der Waals surface area contributed by atoms with Gasteiger partial charge in [0.1, 0.15) is 0 Å². The van der Waals surface area contributed by atoms with Crippen LogP contribution < -0.4 is 5.32 Å². The van der Waals surface area contributed by atoms with Crippen molar-refractivity contribution in [2.75, 3.05) is 5.75 Å². The molecular formula is C11H12IN3OS. The van der Waals surface area contributed by atoms with Crippen LogP contribution in [0.2, 0.25) is 0 Å². The molecule has 0 saturated carbocycles. The van der Waals surface area contributed by atoms with Gasteiger partial charge in [-0.05, 0) is 5.75 Å². The quantitative estimate of drug-likeness (QED) is 0.605. The van der Waals surface area contributed by atoms with Crippen molar-refractivity contribution in [3.05, 3.63) is 10.6 Å². The van der Waals surface area contributed by atoms with E-state index in [1.54, 1.807) is 13.8 Å². The van der Waals surface area contributed by atoms with Crippen molar-refractivity contribution < 1.29 is 4.79 Å². The van der Waals surface area contributed by atoms with Gasteiger partial charge in [0.2, 0.25) is 0 Å². The molecule has 1 unspecified atom stereocenters. The molecule has 1 N–H and O–H groups in total.